The first-order chi connectivity index (χ1) is 11.8. The Hall–Kier alpha value is -2.93. The van der Waals surface area contributed by atoms with Crippen molar-refractivity contribution >= 4 is 33.9 Å². The first-order valence-electron chi connectivity index (χ1n) is 8.10. The molecule has 0 saturated carbocycles. The van der Waals surface area contributed by atoms with Crippen molar-refractivity contribution in [2.24, 2.45) is 0 Å². The monoisotopic (exact) mass is 337 g/mol. The van der Waals surface area contributed by atoms with Gasteiger partial charge in [0.05, 0.1) is 5.52 Å². The molecule has 2 aromatic heterocycles. The predicted octanol–water partition coefficient (Wildman–Crippen LogP) is 3.37. The molecular formula is C18H23N7. The molecule has 0 spiro atoms. The molecule has 3 aromatic rings. The van der Waals surface area contributed by atoms with Crippen LogP contribution in [0.4, 0.5) is 23.0 Å². The second kappa shape index (κ2) is 6.52. The van der Waals surface area contributed by atoms with Crippen LogP contribution < -0.4 is 21.9 Å². The topological polar surface area (TPSA) is 101 Å². The minimum atomic E-state index is -0.121. The van der Waals surface area contributed by atoms with Gasteiger partial charge < -0.3 is 16.5 Å². The van der Waals surface area contributed by atoms with Crippen molar-refractivity contribution in [2.75, 3.05) is 16.5 Å². The molecule has 0 aliphatic heterocycles. The second-order valence-electron chi connectivity index (χ2n) is 6.93. The van der Waals surface area contributed by atoms with E-state index in [9.17, 15) is 0 Å². The van der Waals surface area contributed by atoms with Crippen molar-refractivity contribution in [2.45, 2.75) is 33.2 Å². The molecule has 3 rings (SSSR count). The van der Waals surface area contributed by atoms with Crippen LogP contribution in [0.25, 0.3) is 10.9 Å². The fourth-order valence-electron chi connectivity index (χ4n) is 2.33. The molecule has 0 radical (unpaired) electrons. The summed E-state index contributed by atoms with van der Waals surface area (Å²) in [6.45, 7) is 8.10. The van der Waals surface area contributed by atoms with E-state index in [1.165, 1.54) is 6.33 Å². The molecule has 0 saturated heterocycles. The van der Waals surface area contributed by atoms with Crippen LogP contribution in [0.2, 0.25) is 0 Å². The van der Waals surface area contributed by atoms with E-state index in [1.807, 2.05) is 58.0 Å². The summed E-state index contributed by atoms with van der Waals surface area (Å²) in [5, 5.41) is 4.30. The molecule has 7 nitrogen and oxygen atoms in total. The number of anilines is 4. The third kappa shape index (κ3) is 3.95. The van der Waals surface area contributed by atoms with E-state index in [2.05, 4.69) is 31.1 Å². The first-order valence-corrected chi connectivity index (χ1v) is 8.10. The van der Waals surface area contributed by atoms with Gasteiger partial charge in [0.25, 0.3) is 0 Å². The van der Waals surface area contributed by atoms with Crippen LogP contribution in [0.5, 0.6) is 0 Å². The van der Waals surface area contributed by atoms with Crippen molar-refractivity contribution in [1.82, 2.24) is 20.4 Å². The molecule has 0 aliphatic rings. The summed E-state index contributed by atoms with van der Waals surface area (Å²) in [6.07, 6.45) is 1.47. The standard InChI is InChI=1S/C18H23N7/c1-11-8-9-12-13(22-11)6-5-7-14(12)23-16-15(19)17(21-10-20-16)24-25-18(2,3)4/h5-10,25H,19H2,1-4H3,(H2,20,21,23,24). The lowest BCUT2D eigenvalue weighted by atomic mass is 10.1. The summed E-state index contributed by atoms with van der Waals surface area (Å²) >= 11 is 0. The van der Waals surface area contributed by atoms with Gasteiger partial charge in [-0.1, -0.05) is 6.07 Å². The van der Waals surface area contributed by atoms with Crippen molar-refractivity contribution in [3.63, 3.8) is 0 Å². The highest BCUT2D eigenvalue weighted by atomic mass is 15.4. The van der Waals surface area contributed by atoms with Crippen molar-refractivity contribution in [3.8, 4) is 0 Å². The van der Waals surface area contributed by atoms with Crippen molar-refractivity contribution in [1.29, 1.82) is 0 Å². The van der Waals surface area contributed by atoms with Crippen molar-refractivity contribution in [3.05, 3.63) is 42.4 Å². The van der Waals surface area contributed by atoms with Crippen LogP contribution >= 0.6 is 0 Å². The third-order valence-corrected chi connectivity index (χ3v) is 3.56. The maximum atomic E-state index is 6.22. The van der Waals surface area contributed by atoms with Crippen LogP contribution in [0.15, 0.2) is 36.7 Å². The number of nitrogen functional groups attached to an aromatic ring is 1. The Kier molecular flexibility index (Phi) is 4.41. The number of hydrogen-bond acceptors (Lipinski definition) is 7. The van der Waals surface area contributed by atoms with Gasteiger partial charge in [0, 0.05) is 22.3 Å². The van der Waals surface area contributed by atoms with Crippen LogP contribution in [-0.4, -0.2) is 20.5 Å². The summed E-state index contributed by atoms with van der Waals surface area (Å²) < 4.78 is 0. The van der Waals surface area contributed by atoms with E-state index >= 15 is 0 Å². The Morgan fingerprint density at radius 3 is 2.52 bits per heavy atom. The Morgan fingerprint density at radius 1 is 1.00 bits per heavy atom. The summed E-state index contributed by atoms with van der Waals surface area (Å²) in [6, 6.07) is 9.93. The number of rotatable bonds is 4. The van der Waals surface area contributed by atoms with Gasteiger partial charge in [-0.2, -0.15) is 0 Å². The zero-order valence-corrected chi connectivity index (χ0v) is 14.9. The van der Waals surface area contributed by atoms with E-state index in [1.54, 1.807) is 0 Å². The van der Waals surface area contributed by atoms with Gasteiger partial charge in [0.2, 0.25) is 0 Å². The molecule has 7 heteroatoms. The Bertz CT molecular complexity index is 900. The lowest BCUT2D eigenvalue weighted by molar-refractivity contribution is 0.464. The number of nitrogens with two attached hydrogens (primary N) is 1. The van der Waals surface area contributed by atoms with Gasteiger partial charge >= 0.3 is 0 Å². The number of nitrogens with one attached hydrogen (secondary N) is 3. The molecule has 2 heterocycles. The number of nitrogens with zero attached hydrogens (tertiary/aromatic N) is 3. The molecule has 5 N–H and O–H groups in total. The summed E-state index contributed by atoms with van der Waals surface area (Å²) in [5.74, 6) is 1.07. The van der Waals surface area contributed by atoms with E-state index < -0.39 is 0 Å². The highest BCUT2D eigenvalue weighted by Crippen LogP contribution is 2.29. The molecular weight excluding hydrogens is 314 g/mol. The number of fused-ring (bicyclic) bond motifs is 1. The molecule has 25 heavy (non-hydrogen) atoms. The fraction of sp³-hybridized carbons (Fsp3) is 0.278. The van der Waals surface area contributed by atoms with E-state index in [-0.39, 0.29) is 5.54 Å². The molecule has 130 valence electrons. The first kappa shape index (κ1) is 16.9. The van der Waals surface area contributed by atoms with E-state index in [0.717, 1.165) is 22.3 Å². The Balaban J connectivity index is 1.91. The number of aryl methyl sites for hydroxylation is 1. The summed E-state index contributed by atoms with van der Waals surface area (Å²) in [4.78, 5) is 13.0. The molecule has 0 atom stereocenters. The molecule has 1 aromatic carbocycles. The number of aromatic nitrogens is 3. The predicted molar refractivity (Wildman–Crippen MR) is 103 cm³/mol. The maximum Gasteiger partial charge on any atom is 0.169 e. The molecule has 0 amide bonds. The lowest BCUT2D eigenvalue weighted by Crippen LogP contribution is -2.40. The highest BCUT2D eigenvalue weighted by Gasteiger charge is 2.13. The zero-order valence-electron chi connectivity index (χ0n) is 14.9. The Morgan fingerprint density at radius 2 is 1.76 bits per heavy atom. The van der Waals surface area contributed by atoms with Gasteiger partial charge in [-0.05, 0) is 52.0 Å². The summed E-state index contributed by atoms with van der Waals surface area (Å²) in [7, 11) is 0. The number of hydrazine groups is 1. The van der Waals surface area contributed by atoms with E-state index in [4.69, 9.17) is 5.73 Å². The molecule has 0 fully saturated rings. The zero-order chi connectivity index (χ0) is 18.0. The minimum Gasteiger partial charge on any atom is -0.393 e. The van der Waals surface area contributed by atoms with Crippen LogP contribution in [0.3, 0.4) is 0 Å². The smallest absolute Gasteiger partial charge is 0.169 e. The largest absolute Gasteiger partial charge is 0.393 e. The highest BCUT2D eigenvalue weighted by molar-refractivity contribution is 5.94. The normalized spacial score (nSPS) is 11.5. The average molecular weight is 337 g/mol. The lowest BCUT2D eigenvalue weighted by Gasteiger charge is -2.22. The van der Waals surface area contributed by atoms with Gasteiger partial charge in [-0.3, -0.25) is 4.98 Å². The molecule has 0 unspecified atom stereocenters. The van der Waals surface area contributed by atoms with Gasteiger partial charge in [-0.15, -0.1) is 0 Å². The Labute approximate surface area is 147 Å². The minimum absolute atomic E-state index is 0.121. The van der Waals surface area contributed by atoms with Crippen LogP contribution in [-0.2, 0) is 0 Å². The van der Waals surface area contributed by atoms with Crippen molar-refractivity contribution < 1.29 is 0 Å². The second-order valence-corrected chi connectivity index (χ2v) is 6.93. The number of hydrogen-bond donors (Lipinski definition) is 4. The van der Waals surface area contributed by atoms with Gasteiger partial charge in [-0.25, -0.2) is 15.4 Å². The number of benzene rings is 1. The molecule has 0 aliphatic carbocycles. The number of pyridine rings is 1. The van der Waals surface area contributed by atoms with Gasteiger partial charge in [0.1, 0.15) is 12.0 Å². The van der Waals surface area contributed by atoms with Crippen LogP contribution in [0.1, 0.15) is 26.5 Å². The SMILES string of the molecule is Cc1ccc2c(Nc3ncnc(NNC(C)(C)C)c3N)cccc2n1. The van der Waals surface area contributed by atoms with Crippen LogP contribution in [0, 0.1) is 6.92 Å². The fourth-order valence-corrected chi connectivity index (χ4v) is 2.33. The summed E-state index contributed by atoms with van der Waals surface area (Å²) in [5.41, 5.74) is 15.5. The maximum absolute atomic E-state index is 6.22. The third-order valence-electron chi connectivity index (χ3n) is 3.56. The van der Waals surface area contributed by atoms with E-state index in [0.29, 0.717) is 17.3 Å². The quantitative estimate of drug-likeness (QED) is 0.541. The molecule has 0 bridgehead atoms. The van der Waals surface area contributed by atoms with Gasteiger partial charge in [0.15, 0.2) is 11.6 Å². The average Bonchev–Trinajstić information content (AvgIpc) is 2.54.